The predicted molar refractivity (Wildman–Crippen MR) is 64.5 cm³/mol. The van der Waals surface area contributed by atoms with E-state index < -0.39 is 15.8 Å². The van der Waals surface area contributed by atoms with E-state index in [-0.39, 0.29) is 5.75 Å². The highest BCUT2D eigenvalue weighted by atomic mass is 32.2. The van der Waals surface area contributed by atoms with Gasteiger partial charge >= 0.3 is 5.76 Å². The first-order valence-corrected chi connectivity index (χ1v) is 6.79. The first-order valence-electron chi connectivity index (χ1n) is 5.13. The number of hydrogen-bond acceptors (Lipinski definition) is 4. The molecule has 1 aromatic carbocycles. The third kappa shape index (κ3) is 2.68. The molecular weight excluding hydrogens is 244 g/mol. The molecule has 1 heterocycles. The van der Waals surface area contributed by atoms with E-state index in [0.717, 1.165) is 0 Å². The number of H-pyrrole nitrogens is 1. The predicted octanol–water partition coefficient (Wildman–Crippen LogP) is 1.27. The van der Waals surface area contributed by atoms with Crippen molar-refractivity contribution in [3.05, 3.63) is 28.7 Å². The van der Waals surface area contributed by atoms with Crippen molar-refractivity contribution >= 4 is 26.8 Å². The fourth-order valence-corrected chi connectivity index (χ4v) is 2.64. The second kappa shape index (κ2) is 4.25. The molecule has 6 nitrogen and oxygen atoms in total. The molecule has 0 aliphatic carbocycles. The number of rotatable bonds is 4. The van der Waals surface area contributed by atoms with Crippen molar-refractivity contribution in [3.8, 4) is 0 Å². The van der Waals surface area contributed by atoms with Gasteiger partial charge in [-0.2, -0.15) is 0 Å². The smallest absolute Gasteiger partial charge is 0.408 e. The molecule has 0 amide bonds. The van der Waals surface area contributed by atoms with Crippen LogP contribution in [0.3, 0.4) is 0 Å². The number of anilines is 1. The molecule has 0 bridgehead atoms. The molecule has 92 valence electrons. The van der Waals surface area contributed by atoms with Gasteiger partial charge in [-0.15, -0.1) is 0 Å². The molecule has 2 rings (SSSR count). The van der Waals surface area contributed by atoms with E-state index in [9.17, 15) is 13.2 Å². The normalized spacial score (nSPS) is 11.8. The Bertz CT molecular complexity index is 684. The zero-order valence-electron chi connectivity index (χ0n) is 9.19. The highest BCUT2D eigenvalue weighted by Gasteiger charge is 2.09. The van der Waals surface area contributed by atoms with E-state index >= 15 is 0 Å². The number of aromatic amines is 1. The Kier molecular flexibility index (Phi) is 2.93. The van der Waals surface area contributed by atoms with Crippen LogP contribution in [-0.2, 0) is 10.0 Å². The summed E-state index contributed by atoms with van der Waals surface area (Å²) in [7, 11) is -3.32. The van der Waals surface area contributed by atoms with Crippen LogP contribution in [0.15, 0.2) is 27.4 Å². The minimum atomic E-state index is -3.32. The van der Waals surface area contributed by atoms with Crippen molar-refractivity contribution < 1.29 is 12.8 Å². The van der Waals surface area contributed by atoms with Crippen LogP contribution < -0.4 is 10.5 Å². The summed E-state index contributed by atoms with van der Waals surface area (Å²) in [5.74, 6) is -0.499. The van der Waals surface area contributed by atoms with Gasteiger partial charge < -0.3 is 4.42 Å². The third-order valence-corrected chi connectivity index (χ3v) is 3.66. The SMILES string of the molecule is CCCS(=O)(=O)Nc1ccc2oc(=O)[nH]c2c1. The molecule has 2 aromatic rings. The lowest BCUT2D eigenvalue weighted by molar-refractivity contribution is 0.555. The van der Waals surface area contributed by atoms with Gasteiger partial charge in [-0.1, -0.05) is 6.92 Å². The van der Waals surface area contributed by atoms with Crippen molar-refractivity contribution in [2.24, 2.45) is 0 Å². The average Bonchev–Trinajstić information content (AvgIpc) is 2.56. The Hall–Kier alpha value is -1.76. The van der Waals surface area contributed by atoms with Gasteiger partial charge in [0.05, 0.1) is 17.0 Å². The quantitative estimate of drug-likeness (QED) is 0.861. The largest absolute Gasteiger partial charge is 0.417 e. The molecule has 0 atom stereocenters. The summed E-state index contributed by atoms with van der Waals surface area (Å²) < 4.78 is 30.3. The first kappa shape index (κ1) is 11.7. The number of nitrogens with one attached hydrogen (secondary N) is 2. The van der Waals surface area contributed by atoms with Gasteiger partial charge in [0.25, 0.3) is 0 Å². The molecule has 0 aliphatic rings. The molecule has 0 saturated carbocycles. The van der Waals surface area contributed by atoms with E-state index in [0.29, 0.717) is 23.2 Å². The maximum absolute atomic E-state index is 11.5. The standard InChI is InChI=1S/C10H12N2O4S/c1-2-5-17(14,15)12-7-3-4-9-8(6-7)11-10(13)16-9/h3-4,6,12H,2,5H2,1H3,(H,11,13). The van der Waals surface area contributed by atoms with Crippen LogP contribution in [0.1, 0.15) is 13.3 Å². The van der Waals surface area contributed by atoms with Crippen LogP contribution >= 0.6 is 0 Å². The number of sulfonamides is 1. The average molecular weight is 256 g/mol. The van der Waals surface area contributed by atoms with Crippen molar-refractivity contribution in [2.45, 2.75) is 13.3 Å². The minimum absolute atomic E-state index is 0.0624. The summed E-state index contributed by atoms with van der Waals surface area (Å²) in [5.41, 5.74) is 1.27. The zero-order chi connectivity index (χ0) is 12.5. The zero-order valence-corrected chi connectivity index (χ0v) is 10.0. The first-order chi connectivity index (χ1) is 8.00. The maximum atomic E-state index is 11.5. The summed E-state index contributed by atoms with van der Waals surface area (Å²) >= 11 is 0. The van der Waals surface area contributed by atoms with Crippen molar-refractivity contribution in [1.82, 2.24) is 4.98 Å². The van der Waals surface area contributed by atoms with Crippen LogP contribution in [0.4, 0.5) is 5.69 Å². The van der Waals surface area contributed by atoms with Gasteiger partial charge in [0.15, 0.2) is 5.58 Å². The fourth-order valence-electron chi connectivity index (χ4n) is 1.51. The van der Waals surface area contributed by atoms with Gasteiger partial charge in [0.2, 0.25) is 10.0 Å². The van der Waals surface area contributed by atoms with Crippen LogP contribution in [-0.4, -0.2) is 19.2 Å². The summed E-state index contributed by atoms with van der Waals surface area (Å²) in [5, 5.41) is 0. The Morgan fingerprint density at radius 2 is 2.18 bits per heavy atom. The summed E-state index contributed by atoms with van der Waals surface area (Å²) in [6, 6.07) is 4.61. The van der Waals surface area contributed by atoms with E-state index in [4.69, 9.17) is 4.42 Å². The number of hydrogen-bond donors (Lipinski definition) is 2. The topological polar surface area (TPSA) is 92.2 Å². The Morgan fingerprint density at radius 3 is 2.88 bits per heavy atom. The molecule has 2 N–H and O–H groups in total. The number of fused-ring (bicyclic) bond motifs is 1. The van der Waals surface area contributed by atoms with E-state index in [2.05, 4.69) is 9.71 Å². The lowest BCUT2D eigenvalue weighted by Crippen LogP contribution is -2.15. The van der Waals surface area contributed by atoms with Gasteiger partial charge in [0.1, 0.15) is 0 Å². The van der Waals surface area contributed by atoms with Crippen LogP contribution in [0.2, 0.25) is 0 Å². The molecule has 0 fully saturated rings. The lowest BCUT2D eigenvalue weighted by atomic mass is 10.3. The van der Waals surface area contributed by atoms with Gasteiger partial charge in [-0.25, -0.2) is 13.2 Å². The monoisotopic (exact) mass is 256 g/mol. The summed E-state index contributed by atoms with van der Waals surface area (Å²) in [6.07, 6.45) is 0.542. The van der Waals surface area contributed by atoms with Crippen molar-refractivity contribution in [1.29, 1.82) is 0 Å². The molecule has 0 saturated heterocycles. The number of benzene rings is 1. The molecule has 0 radical (unpaired) electrons. The van der Waals surface area contributed by atoms with Crippen LogP contribution in [0.25, 0.3) is 11.1 Å². The van der Waals surface area contributed by atoms with Crippen LogP contribution in [0.5, 0.6) is 0 Å². The van der Waals surface area contributed by atoms with E-state index in [1.165, 1.54) is 12.1 Å². The fraction of sp³-hybridized carbons (Fsp3) is 0.300. The highest BCUT2D eigenvalue weighted by molar-refractivity contribution is 7.92. The maximum Gasteiger partial charge on any atom is 0.417 e. The number of aromatic nitrogens is 1. The van der Waals surface area contributed by atoms with Crippen molar-refractivity contribution in [3.63, 3.8) is 0 Å². The molecule has 7 heteroatoms. The highest BCUT2D eigenvalue weighted by Crippen LogP contribution is 2.17. The molecule has 0 aliphatic heterocycles. The Labute approximate surface area is 97.7 Å². The molecule has 0 unspecified atom stereocenters. The molecular formula is C10H12N2O4S. The van der Waals surface area contributed by atoms with Gasteiger partial charge in [-0.05, 0) is 24.6 Å². The molecule has 17 heavy (non-hydrogen) atoms. The van der Waals surface area contributed by atoms with Crippen LogP contribution in [0, 0.1) is 0 Å². The third-order valence-electron chi connectivity index (χ3n) is 2.17. The van der Waals surface area contributed by atoms with E-state index in [1.54, 1.807) is 13.0 Å². The lowest BCUT2D eigenvalue weighted by Gasteiger charge is -2.06. The molecule has 0 spiro atoms. The molecule has 1 aromatic heterocycles. The Balaban J connectivity index is 2.34. The van der Waals surface area contributed by atoms with Gasteiger partial charge in [-0.3, -0.25) is 9.71 Å². The Morgan fingerprint density at radius 1 is 1.41 bits per heavy atom. The second-order valence-corrected chi connectivity index (χ2v) is 5.49. The summed E-state index contributed by atoms with van der Waals surface area (Å²) in [4.78, 5) is 13.4. The van der Waals surface area contributed by atoms with Gasteiger partial charge in [0, 0.05) is 0 Å². The summed E-state index contributed by atoms with van der Waals surface area (Å²) in [6.45, 7) is 1.79. The van der Waals surface area contributed by atoms with Crippen molar-refractivity contribution in [2.75, 3.05) is 10.5 Å². The minimum Gasteiger partial charge on any atom is -0.408 e. The van der Waals surface area contributed by atoms with E-state index in [1.807, 2.05) is 0 Å². The number of oxazole rings is 1. The second-order valence-electron chi connectivity index (χ2n) is 3.65.